The topological polar surface area (TPSA) is 62.9 Å². The maximum atomic E-state index is 11.8. The van der Waals surface area contributed by atoms with Crippen LogP contribution in [0.1, 0.15) is 5.56 Å². The first kappa shape index (κ1) is 13.0. The SMILES string of the molecule is O=C1CSC(=S)N1/N=C/c1cc2ccccc2oc1=O. The van der Waals surface area contributed by atoms with Gasteiger partial charge in [-0.25, -0.2) is 4.79 Å². The number of thiocarbonyl (C=S) groups is 1. The van der Waals surface area contributed by atoms with Crippen LogP contribution in [0, 0.1) is 0 Å². The predicted octanol–water partition coefficient (Wildman–Crippen LogP) is 1.99. The normalized spacial score (nSPS) is 15.7. The van der Waals surface area contributed by atoms with Crippen molar-refractivity contribution in [3.8, 4) is 0 Å². The summed E-state index contributed by atoms with van der Waals surface area (Å²) in [5, 5.41) is 5.87. The molecule has 1 amide bonds. The number of carbonyl (C=O) groups excluding carboxylic acids is 1. The van der Waals surface area contributed by atoms with Crippen molar-refractivity contribution >= 4 is 51.4 Å². The van der Waals surface area contributed by atoms with Gasteiger partial charge in [-0.1, -0.05) is 42.2 Å². The summed E-state index contributed by atoms with van der Waals surface area (Å²) >= 11 is 6.24. The van der Waals surface area contributed by atoms with Crippen LogP contribution >= 0.6 is 24.0 Å². The molecule has 0 aliphatic carbocycles. The highest BCUT2D eigenvalue weighted by molar-refractivity contribution is 8.23. The fourth-order valence-corrected chi connectivity index (χ4v) is 2.71. The third kappa shape index (κ3) is 2.37. The fourth-order valence-electron chi connectivity index (χ4n) is 1.75. The lowest BCUT2D eigenvalue weighted by atomic mass is 10.2. The highest BCUT2D eigenvalue weighted by Gasteiger charge is 2.26. The van der Waals surface area contributed by atoms with Crippen LogP contribution < -0.4 is 5.63 Å². The molecule has 20 heavy (non-hydrogen) atoms. The molecule has 0 radical (unpaired) electrons. The molecule has 7 heteroatoms. The fraction of sp³-hybridized carbons (Fsp3) is 0.0769. The molecule has 0 unspecified atom stereocenters. The quantitative estimate of drug-likeness (QED) is 0.482. The van der Waals surface area contributed by atoms with Gasteiger partial charge in [-0.15, -0.1) is 0 Å². The van der Waals surface area contributed by atoms with Gasteiger partial charge in [0.25, 0.3) is 5.91 Å². The highest BCUT2D eigenvalue weighted by Crippen LogP contribution is 2.19. The molecular formula is C13H8N2O3S2. The van der Waals surface area contributed by atoms with Crippen molar-refractivity contribution < 1.29 is 9.21 Å². The molecule has 5 nitrogen and oxygen atoms in total. The van der Waals surface area contributed by atoms with Crippen LogP contribution in [0.3, 0.4) is 0 Å². The van der Waals surface area contributed by atoms with Crippen LogP contribution in [-0.2, 0) is 4.79 Å². The Morgan fingerprint density at radius 3 is 2.90 bits per heavy atom. The summed E-state index contributed by atoms with van der Waals surface area (Å²) in [6.07, 6.45) is 1.30. The minimum Gasteiger partial charge on any atom is -0.422 e. The van der Waals surface area contributed by atoms with Crippen LogP contribution in [0.15, 0.2) is 44.6 Å². The molecule has 1 aliphatic heterocycles. The summed E-state index contributed by atoms with van der Waals surface area (Å²) in [6, 6.07) is 8.85. The zero-order valence-electron chi connectivity index (χ0n) is 10.1. The van der Waals surface area contributed by atoms with Gasteiger partial charge in [-0.2, -0.15) is 10.1 Å². The second kappa shape index (κ2) is 5.18. The maximum Gasteiger partial charge on any atom is 0.345 e. The average molecular weight is 304 g/mol. The van der Waals surface area contributed by atoms with Crippen LogP contribution in [0.25, 0.3) is 11.0 Å². The number of carbonyl (C=O) groups is 1. The Morgan fingerprint density at radius 1 is 1.35 bits per heavy atom. The molecule has 3 rings (SSSR count). The first-order chi connectivity index (χ1) is 9.65. The molecule has 0 bridgehead atoms. The van der Waals surface area contributed by atoms with Gasteiger partial charge in [0.15, 0.2) is 4.32 Å². The van der Waals surface area contributed by atoms with E-state index in [4.69, 9.17) is 16.6 Å². The van der Waals surface area contributed by atoms with E-state index < -0.39 is 5.63 Å². The minimum absolute atomic E-state index is 0.193. The van der Waals surface area contributed by atoms with Gasteiger partial charge < -0.3 is 4.42 Å². The van der Waals surface area contributed by atoms with Crippen LogP contribution in [0.5, 0.6) is 0 Å². The van der Waals surface area contributed by atoms with Crippen molar-refractivity contribution in [1.82, 2.24) is 5.01 Å². The number of fused-ring (bicyclic) bond motifs is 1. The number of para-hydroxylation sites is 1. The summed E-state index contributed by atoms with van der Waals surface area (Å²) in [5.41, 5.74) is 0.284. The number of amides is 1. The van der Waals surface area contributed by atoms with E-state index >= 15 is 0 Å². The lowest BCUT2D eigenvalue weighted by molar-refractivity contribution is -0.123. The highest BCUT2D eigenvalue weighted by atomic mass is 32.2. The van der Waals surface area contributed by atoms with Crippen molar-refractivity contribution in [2.75, 3.05) is 5.75 Å². The maximum absolute atomic E-state index is 11.8. The van der Waals surface area contributed by atoms with E-state index in [1.165, 1.54) is 18.0 Å². The second-order valence-electron chi connectivity index (χ2n) is 4.03. The minimum atomic E-state index is -0.502. The zero-order valence-corrected chi connectivity index (χ0v) is 11.7. The molecule has 1 aromatic heterocycles. The van der Waals surface area contributed by atoms with Gasteiger partial charge in [0.1, 0.15) is 5.58 Å². The van der Waals surface area contributed by atoms with Gasteiger partial charge in [-0.3, -0.25) is 4.79 Å². The standard InChI is InChI=1S/C13H8N2O3S2/c16-11-7-20-13(19)15(11)14-6-9-5-8-3-1-2-4-10(8)18-12(9)17/h1-6H,7H2/b14-6+. The largest absolute Gasteiger partial charge is 0.422 e. The van der Waals surface area contributed by atoms with E-state index in [-0.39, 0.29) is 17.2 Å². The second-order valence-corrected chi connectivity index (χ2v) is 5.64. The van der Waals surface area contributed by atoms with Gasteiger partial charge in [0.2, 0.25) is 0 Å². The molecule has 1 aliphatic rings. The van der Waals surface area contributed by atoms with Crippen molar-refractivity contribution in [2.24, 2.45) is 5.10 Å². The first-order valence-corrected chi connectivity index (χ1v) is 7.11. The zero-order chi connectivity index (χ0) is 14.1. The van der Waals surface area contributed by atoms with Gasteiger partial charge >= 0.3 is 5.63 Å². The molecule has 1 aromatic carbocycles. The number of hydrazone groups is 1. The number of hydrogen-bond acceptors (Lipinski definition) is 6. The number of thioether (sulfide) groups is 1. The Morgan fingerprint density at radius 2 is 2.15 bits per heavy atom. The van der Waals surface area contributed by atoms with Crippen LogP contribution in [-0.4, -0.2) is 27.2 Å². The molecule has 0 atom stereocenters. The Kier molecular flexibility index (Phi) is 3.37. The number of rotatable bonds is 2. The Hall–Kier alpha value is -1.99. The summed E-state index contributed by atoms with van der Waals surface area (Å²) in [6.45, 7) is 0. The monoisotopic (exact) mass is 304 g/mol. The molecule has 2 aromatic rings. The Balaban J connectivity index is 1.98. The summed E-state index contributed by atoms with van der Waals surface area (Å²) in [5.74, 6) is 0.0871. The smallest absolute Gasteiger partial charge is 0.345 e. The van der Waals surface area contributed by atoms with Crippen molar-refractivity contribution in [3.63, 3.8) is 0 Å². The van der Waals surface area contributed by atoms with Gasteiger partial charge in [0, 0.05) is 5.39 Å². The summed E-state index contributed by atoms with van der Waals surface area (Å²) in [7, 11) is 0. The number of nitrogens with zero attached hydrogens (tertiary/aromatic N) is 2. The first-order valence-electron chi connectivity index (χ1n) is 5.72. The average Bonchev–Trinajstić information content (AvgIpc) is 2.76. The molecule has 100 valence electrons. The molecule has 1 saturated heterocycles. The molecule has 2 heterocycles. The molecule has 0 saturated carbocycles. The number of hydrogen-bond donors (Lipinski definition) is 0. The van der Waals surface area contributed by atoms with E-state index in [9.17, 15) is 9.59 Å². The Bertz CT molecular complexity index is 782. The lowest BCUT2D eigenvalue weighted by Gasteiger charge is -2.06. The van der Waals surface area contributed by atoms with E-state index in [0.29, 0.717) is 9.90 Å². The Labute approximate surface area is 123 Å². The van der Waals surface area contributed by atoms with Crippen molar-refractivity contribution in [3.05, 3.63) is 46.3 Å². The third-order valence-electron chi connectivity index (χ3n) is 2.71. The van der Waals surface area contributed by atoms with Crippen LogP contribution in [0.4, 0.5) is 0 Å². The summed E-state index contributed by atoms with van der Waals surface area (Å²) < 4.78 is 5.56. The van der Waals surface area contributed by atoms with Gasteiger partial charge in [0.05, 0.1) is 17.5 Å². The molecule has 0 N–H and O–H groups in total. The summed E-state index contributed by atoms with van der Waals surface area (Å²) in [4.78, 5) is 23.3. The molecule has 1 fully saturated rings. The van der Waals surface area contributed by atoms with Gasteiger partial charge in [-0.05, 0) is 12.1 Å². The molecular weight excluding hydrogens is 296 g/mol. The van der Waals surface area contributed by atoms with Crippen LogP contribution in [0.2, 0.25) is 0 Å². The molecule has 0 spiro atoms. The van der Waals surface area contributed by atoms with E-state index in [2.05, 4.69) is 5.10 Å². The van der Waals surface area contributed by atoms with E-state index in [1.54, 1.807) is 18.2 Å². The predicted molar refractivity (Wildman–Crippen MR) is 82.0 cm³/mol. The number of benzene rings is 1. The van der Waals surface area contributed by atoms with E-state index in [1.807, 2.05) is 12.1 Å². The van der Waals surface area contributed by atoms with Crippen molar-refractivity contribution in [1.29, 1.82) is 0 Å². The van der Waals surface area contributed by atoms with Crippen molar-refractivity contribution in [2.45, 2.75) is 0 Å². The third-order valence-corrected chi connectivity index (χ3v) is 4.05. The van der Waals surface area contributed by atoms with E-state index in [0.717, 1.165) is 10.4 Å². The lowest BCUT2D eigenvalue weighted by Crippen LogP contribution is -2.23.